The molecule has 0 rings (SSSR count). The van der Waals surface area contributed by atoms with Crippen LogP contribution in [0.25, 0.3) is 0 Å². The van der Waals surface area contributed by atoms with Gasteiger partial charge < -0.3 is 0 Å². The van der Waals surface area contributed by atoms with Crippen LogP contribution in [-0.2, 0) is 4.74 Å². The summed E-state index contributed by atoms with van der Waals surface area (Å²) in [5.74, 6) is 3.51. The summed E-state index contributed by atoms with van der Waals surface area (Å²) in [5.41, 5.74) is 3.56. The summed E-state index contributed by atoms with van der Waals surface area (Å²) in [4.78, 5) is 0. The van der Waals surface area contributed by atoms with Gasteiger partial charge in [-0.05, 0) is 0 Å². The summed E-state index contributed by atoms with van der Waals surface area (Å²) < 4.78 is 12.1. The summed E-state index contributed by atoms with van der Waals surface area (Å²) in [5, 5.41) is 0. The first-order valence-corrected chi connectivity index (χ1v) is 23.6. The van der Waals surface area contributed by atoms with E-state index < -0.39 is 26.5 Å². The van der Waals surface area contributed by atoms with Crippen LogP contribution >= 0.6 is 0 Å². The van der Waals surface area contributed by atoms with Gasteiger partial charge in [-0.2, -0.15) is 0 Å². The van der Waals surface area contributed by atoms with Gasteiger partial charge in [0, 0.05) is 0 Å². The number of hydrogen-bond donors (Lipinski definition) is 0. The van der Waals surface area contributed by atoms with Gasteiger partial charge in [0.1, 0.15) is 0 Å². The van der Waals surface area contributed by atoms with Gasteiger partial charge in [-0.25, -0.2) is 0 Å². The fraction of sp³-hybridized carbons (Fsp3) is 0.920. The third kappa shape index (κ3) is 13.0. The fourth-order valence-corrected chi connectivity index (χ4v) is 22.5. The Balaban J connectivity index is 5.63. The summed E-state index contributed by atoms with van der Waals surface area (Å²) in [6.45, 7) is 18.6. The van der Waals surface area contributed by atoms with Gasteiger partial charge in [0.15, 0.2) is 0 Å². The van der Waals surface area contributed by atoms with Crippen molar-refractivity contribution in [3.05, 3.63) is 0 Å². The van der Waals surface area contributed by atoms with Crippen LogP contribution in [0.1, 0.15) is 98.8 Å². The second kappa shape index (κ2) is 16.3. The van der Waals surface area contributed by atoms with E-state index in [0.717, 1.165) is 0 Å². The third-order valence-electron chi connectivity index (χ3n) is 5.86. The Hall–Kier alpha value is 0.536. The van der Waals surface area contributed by atoms with Crippen molar-refractivity contribution in [3.63, 3.8) is 0 Å². The molecule has 0 N–H and O–H groups in total. The average molecular weight is 515 g/mol. The van der Waals surface area contributed by atoms with Crippen LogP contribution in [0, 0.1) is 11.5 Å². The van der Waals surface area contributed by atoms with Crippen LogP contribution in [0.2, 0.25) is 33.0 Å². The second-order valence-electron chi connectivity index (χ2n) is 9.96. The van der Waals surface area contributed by atoms with Crippen LogP contribution in [0.4, 0.5) is 0 Å². The van der Waals surface area contributed by atoms with Crippen LogP contribution < -0.4 is 0 Å². The average Bonchev–Trinajstić information content (AvgIpc) is 2.65. The first kappa shape index (κ1) is 28.5. The predicted octanol–water partition coefficient (Wildman–Crippen LogP) is 8.61. The summed E-state index contributed by atoms with van der Waals surface area (Å²) in [6.07, 6.45) is 13.7. The maximum atomic E-state index is 6.89. The molecule has 0 fully saturated rings. The van der Waals surface area contributed by atoms with Crippen LogP contribution in [0.5, 0.6) is 0 Å². The summed E-state index contributed by atoms with van der Waals surface area (Å²) >= 11 is -2.38. The van der Waals surface area contributed by atoms with E-state index >= 15 is 0 Å². The molecule has 0 aliphatic rings. The molecule has 166 valence electrons. The molecule has 0 aliphatic carbocycles. The van der Waals surface area contributed by atoms with E-state index in [0.29, 0.717) is 4.12 Å². The second-order valence-corrected chi connectivity index (χ2v) is 28.6. The van der Waals surface area contributed by atoms with Gasteiger partial charge in [0.25, 0.3) is 0 Å². The molecule has 0 radical (unpaired) electrons. The van der Waals surface area contributed by atoms with E-state index in [1.807, 2.05) is 0 Å². The molecule has 0 aliphatic heterocycles. The minimum atomic E-state index is -2.38. The van der Waals surface area contributed by atoms with Gasteiger partial charge in [0.05, 0.1) is 0 Å². The van der Waals surface area contributed by atoms with E-state index in [1.54, 1.807) is 0 Å². The van der Waals surface area contributed by atoms with Gasteiger partial charge >= 0.3 is 185 Å². The van der Waals surface area contributed by atoms with E-state index in [9.17, 15) is 0 Å². The number of hydrogen-bond acceptors (Lipinski definition) is 1. The van der Waals surface area contributed by atoms with Gasteiger partial charge in [-0.1, -0.05) is 0 Å². The zero-order valence-corrected chi connectivity index (χ0v) is 24.6. The zero-order chi connectivity index (χ0) is 21.5. The van der Waals surface area contributed by atoms with E-state index in [-0.39, 0.29) is 6.10 Å². The van der Waals surface area contributed by atoms with E-state index in [1.165, 1.54) is 77.5 Å². The van der Waals surface area contributed by atoms with Crippen LogP contribution in [-0.4, -0.2) is 36.7 Å². The number of ether oxygens (including phenoxy) is 1. The molecular weight excluding hydrogens is 463 g/mol. The first-order valence-electron chi connectivity index (χ1n) is 12.4. The van der Waals surface area contributed by atoms with Crippen molar-refractivity contribution < 1.29 is 4.74 Å². The fourth-order valence-electron chi connectivity index (χ4n) is 4.14. The summed E-state index contributed by atoms with van der Waals surface area (Å²) in [6, 6.07) is 0. The van der Waals surface area contributed by atoms with Crippen LogP contribution in [0.15, 0.2) is 0 Å². The molecule has 0 saturated heterocycles. The summed E-state index contributed by atoms with van der Waals surface area (Å²) in [7, 11) is -1.33. The number of rotatable bonds is 16. The first-order chi connectivity index (χ1) is 13.2. The topological polar surface area (TPSA) is 9.23 Å². The van der Waals surface area contributed by atoms with Crippen LogP contribution in [0.3, 0.4) is 0 Å². The molecule has 0 aromatic carbocycles. The maximum absolute atomic E-state index is 6.89. The van der Waals surface area contributed by atoms with Gasteiger partial charge in [-0.15, -0.1) is 0 Å². The standard InChI is InChI=1S/C13H25OSi.3C4H9.Sn/c1-6-7-8-9-11-14-13(2)10-12-15(3,4)5;3*1-3-4-2;/h11,13H,6-9H2,1-5H3;3*1,3-4H2,2H3;/t13-;;;;/m0..../s1. The molecule has 0 aromatic rings. The molecule has 0 spiro atoms. The molecular formula is C25H52OSiSn. The molecule has 0 amide bonds. The molecule has 0 unspecified atom stereocenters. The molecule has 0 saturated carbocycles. The van der Waals surface area contributed by atoms with Gasteiger partial charge in [-0.3, -0.25) is 0 Å². The van der Waals surface area contributed by atoms with Crippen molar-refractivity contribution in [1.29, 1.82) is 0 Å². The van der Waals surface area contributed by atoms with Gasteiger partial charge in [0.2, 0.25) is 0 Å². The SMILES string of the molecule is CCCCC[C@H](O[C@@H](C)C#C[Si](C)(C)C)[Sn]([CH2]CCC)([CH2]CCC)[CH2]CCC. The van der Waals surface area contributed by atoms with E-state index in [4.69, 9.17) is 4.74 Å². The Morgan fingerprint density at radius 1 is 0.750 bits per heavy atom. The van der Waals surface area contributed by atoms with Crippen molar-refractivity contribution in [3.8, 4) is 11.5 Å². The Morgan fingerprint density at radius 3 is 1.61 bits per heavy atom. The molecule has 0 heterocycles. The van der Waals surface area contributed by atoms with Crippen molar-refractivity contribution >= 4 is 26.5 Å². The van der Waals surface area contributed by atoms with Crippen molar-refractivity contribution in [2.24, 2.45) is 0 Å². The van der Waals surface area contributed by atoms with Crippen molar-refractivity contribution in [2.75, 3.05) is 0 Å². The minimum absolute atomic E-state index is 0.110. The van der Waals surface area contributed by atoms with Crippen molar-refractivity contribution in [1.82, 2.24) is 0 Å². The molecule has 2 atom stereocenters. The Morgan fingerprint density at radius 2 is 1.21 bits per heavy atom. The predicted molar refractivity (Wildman–Crippen MR) is 134 cm³/mol. The molecule has 1 nitrogen and oxygen atoms in total. The van der Waals surface area contributed by atoms with Crippen molar-refractivity contribution in [2.45, 2.75) is 142 Å². The number of unbranched alkanes of at least 4 members (excludes halogenated alkanes) is 5. The third-order valence-corrected chi connectivity index (χ3v) is 23.4. The Bertz CT molecular complexity index is 410. The normalized spacial score (nSPS) is 14.4. The molecule has 0 bridgehead atoms. The monoisotopic (exact) mass is 516 g/mol. The molecule has 28 heavy (non-hydrogen) atoms. The Labute approximate surface area is 184 Å². The molecule has 0 aromatic heterocycles. The van der Waals surface area contributed by atoms with E-state index in [2.05, 4.69) is 65.7 Å². The Kier molecular flexibility index (Phi) is 16.6. The quantitative estimate of drug-likeness (QED) is 0.114. The molecule has 3 heteroatoms. The zero-order valence-electron chi connectivity index (χ0n) is 20.8.